The summed E-state index contributed by atoms with van der Waals surface area (Å²) in [5.41, 5.74) is 19.2. The SMILES string of the molecule is NC(=NC(=NCc1ccccc1-n1c2ccccc2c2cc(-c3ccc4oc5ccccc5c4c3)ccc21)c1ccc(-c2ccccc2)cc1)c1ccccc1. The summed E-state index contributed by atoms with van der Waals surface area (Å²) < 4.78 is 8.49. The van der Waals surface area contributed by atoms with Crippen molar-refractivity contribution < 1.29 is 4.42 Å². The van der Waals surface area contributed by atoms with Gasteiger partial charge in [0.15, 0.2) is 5.84 Å². The zero-order chi connectivity index (χ0) is 37.4. The van der Waals surface area contributed by atoms with Crippen molar-refractivity contribution in [3.05, 3.63) is 211 Å². The van der Waals surface area contributed by atoms with E-state index >= 15 is 0 Å². The highest BCUT2D eigenvalue weighted by molar-refractivity contribution is 6.12. The lowest BCUT2D eigenvalue weighted by Gasteiger charge is -2.13. The van der Waals surface area contributed by atoms with Crippen LogP contribution in [0.2, 0.25) is 0 Å². The average Bonchev–Trinajstić information content (AvgIpc) is 3.81. The first kappa shape index (κ1) is 33.1. The van der Waals surface area contributed by atoms with E-state index in [1.165, 1.54) is 10.8 Å². The minimum atomic E-state index is 0.405. The molecule has 2 aromatic heterocycles. The summed E-state index contributed by atoms with van der Waals surface area (Å²) in [7, 11) is 0. The number of para-hydroxylation sites is 3. The molecule has 0 bridgehead atoms. The van der Waals surface area contributed by atoms with Gasteiger partial charge in [0, 0.05) is 32.7 Å². The van der Waals surface area contributed by atoms with Gasteiger partial charge in [-0.25, -0.2) is 4.99 Å². The standard InChI is InChI=1S/C51H36N4O/c52-50(36-15-5-2-6-16-36)54-51(37-25-23-35(24-26-37)34-13-3-1-4-14-34)53-33-40-17-7-10-20-45(40)55-46-21-11-8-18-41(46)43-31-38(27-29-47(43)55)39-28-30-49-44(32-39)42-19-9-12-22-48(42)56-49/h1-32H,33H2,(H2,52,53,54). The van der Waals surface area contributed by atoms with Crippen molar-refractivity contribution >= 4 is 55.4 Å². The van der Waals surface area contributed by atoms with E-state index in [1.54, 1.807) is 0 Å². The van der Waals surface area contributed by atoms with E-state index in [0.717, 1.165) is 77.6 Å². The van der Waals surface area contributed by atoms with E-state index in [-0.39, 0.29) is 0 Å². The van der Waals surface area contributed by atoms with E-state index in [2.05, 4.69) is 150 Å². The number of fused-ring (bicyclic) bond motifs is 6. The van der Waals surface area contributed by atoms with Crippen LogP contribution in [0.1, 0.15) is 16.7 Å². The van der Waals surface area contributed by atoms with Crippen LogP contribution >= 0.6 is 0 Å². The van der Waals surface area contributed by atoms with Crippen LogP contribution in [-0.2, 0) is 6.54 Å². The molecule has 0 fully saturated rings. The molecule has 0 saturated carbocycles. The first-order valence-corrected chi connectivity index (χ1v) is 18.8. The first-order valence-electron chi connectivity index (χ1n) is 18.8. The van der Waals surface area contributed by atoms with E-state index in [4.69, 9.17) is 20.1 Å². The monoisotopic (exact) mass is 720 g/mol. The lowest BCUT2D eigenvalue weighted by atomic mass is 10.0. The molecule has 56 heavy (non-hydrogen) atoms. The van der Waals surface area contributed by atoms with Crippen molar-refractivity contribution in [2.24, 2.45) is 15.7 Å². The lowest BCUT2D eigenvalue weighted by Crippen LogP contribution is -2.16. The van der Waals surface area contributed by atoms with Gasteiger partial charge in [-0.15, -0.1) is 0 Å². The van der Waals surface area contributed by atoms with Gasteiger partial charge in [-0.05, 0) is 70.3 Å². The number of nitrogens with zero attached hydrogens (tertiary/aromatic N) is 3. The van der Waals surface area contributed by atoms with Crippen LogP contribution in [0.4, 0.5) is 0 Å². The number of aromatic nitrogens is 1. The van der Waals surface area contributed by atoms with Crippen molar-refractivity contribution in [2.75, 3.05) is 0 Å². The Hall–Kier alpha value is -7.50. The Bertz CT molecular complexity index is 3100. The van der Waals surface area contributed by atoms with Gasteiger partial charge < -0.3 is 14.7 Å². The predicted octanol–water partition coefficient (Wildman–Crippen LogP) is 12.4. The zero-order valence-corrected chi connectivity index (χ0v) is 30.5. The van der Waals surface area contributed by atoms with Gasteiger partial charge in [-0.1, -0.05) is 152 Å². The predicted molar refractivity (Wildman–Crippen MR) is 233 cm³/mol. The number of amidine groups is 2. The fraction of sp³-hybridized carbons (Fsp3) is 0.0196. The normalized spacial score (nSPS) is 12.3. The molecule has 0 saturated heterocycles. The van der Waals surface area contributed by atoms with Crippen LogP contribution in [0.3, 0.4) is 0 Å². The molecule has 266 valence electrons. The molecule has 10 aromatic rings. The summed E-state index contributed by atoms with van der Waals surface area (Å²) in [6.07, 6.45) is 0. The smallest absolute Gasteiger partial charge is 0.157 e. The summed E-state index contributed by atoms with van der Waals surface area (Å²) in [5, 5.41) is 4.63. The molecule has 0 aliphatic rings. The van der Waals surface area contributed by atoms with Crippen LogP contribution in [0.25, 0.3) is 71.7 Å². The number of furan rings is 1. The third kappa shape index (κ3) is 6.02. The Labute approximate surface area is 324 Å². The molecule has 0 radical (unpaired) electrons. The summed E-state index contributed by atoms with van der Waals surface area (Å²) in [4.78, 5) is 10.1. The summed E-state index contributed by atoms with van der Waals surface area (Å²) in [6.45, 7) is 0.405. The second kappa shape index (κ2) is 14.0. The first-order chi connectivity index (χ1) is 27.7. The molecular formula is C51H36N4O. The highest BCUT2D eigenvalue weighted by Crippen LogP contribution is 2.38. The Balaban J connectivity index is 1.06. The van der Waals surface area contributed by atoms with Gasteiger partial charge in [0.05, 0.1) is 23.3 Å². The third-order valence-electron chi connectivity index (χ3n) is 10.6. The fourth-order valence-electron chi connectivity index (χ4n) is 7.76. The fourth-order valence-corrected chi connectivity index (χ4v) is 7.76. The maximum absolute atomic E-state index is 6.62. The van der Waals surface area contributed by atoms with Crippen LogP contribution in [-0.4, -0.2) is 16.2 Å². The highest BCUT2D eigenvalue weighted by atomic mass is 16.3. The molecule has 5 heteroatoms. The minimum Gasteiger partial charge on any atom is -0.456 e. The van der Waals surface area contributed by atoms with Crippen molar-refractivity contribution in [1.82, 2.24) is 4.57 Å². The molecule has 0 aliphatic heterocycles. The zero-order valence-electron chi connectivity index (χ0n) is 30.5. The van der Waals surface area contributed by atoms with Gasteiger partial charge in [0.25, 0.3) is 0 Å². The maximum atomic E-state index is 6.62. The lowest BCUT2D eigenvalue weighted by molar-refractivity contribution is 0.669. The Kier molecular flexibility index (Phi) is 8.30. The molecule has 0 atom stereocenters. The number of rotatable bonds is 7. The number of benzene rings is 8. The molecule has 0 amide bonds. The third-order valence-corrected chi connectivity index (χ3v) is 10.6. The van der Waals surface area contributed by atoms with Gasteiger partial charge in [0.1, 0.15) is 17.0 Å². The number of hydrogen-bond donors (Lipinski definition) is 1. The Morgan fingerprint density at radius 1 is 0.464 bits per heavy atom. The van der Waals surface area contributed by atoms with Crippen LogP contribution in [0, 0.1) is 0 Å². The minimum absolute atomic E-state index is 0.405. The average molecular weight is 721 g/mol. The van der Waals surface area contributed by atoms with E-state index in [9.17, 15) is 0 Å². The van der Waals surface area contributed by atoms with E-state index < -0.39 is 0 Å². The largest absolute Gasteiger partial charge is 0.456 e. The highest BCUT2D eigenvalue weighted by Gasteiger charge is 2.17. The summed E-state index contributed by atoms with van der Waals surface area (Å²) in [5.74, 6) is 0.998. The number of nitrogens with two attached hydrogens (primary N) is 1. The molecule has 2 N–H and O–H groups in total. The van der Waals surface area contributed by atoms with E-state index in [0.29, 0.717) is 18.2 Å². The van der Waals surface area contributed by atoms with Gasteiger partial charge in [-0.3, -0.25) is 4.99 Å². The summed E-state index contributed by atoms with van der Waals surface area (Å²) >= 11 is 0. The van der Waals surface area contributed by atoms with Gasteiger partial charge >= 0.3 is 0 Å². The molecule has 5 nitrogen and oxygen atoms in total. The number of hydrogen-bond acceptors (Lipinski definition) is 2. The Morgan fingerprint density at radius 2 is 1.05 bits per heavy atom. The molecule has 2 heterocycles. The molecule has 10 rings (SSSR count). The van der Waals surface area contributed by atoms with Crippen LogP contribution < -0.4 is 5.73 Å². The van der Waals surface area contributed by atoms with Gasteiger partial charge in [-0.2, -0.15) is 0 Å². The van der Waals surface area contributed by atoms with Crippen molar-refractivity contribution in [3.63, 3.8) is 0 Å². The Morgan fingerprint density at radius 3 is 1.88 bits per heavy atom. The van der Waals surface area contributed by atoms with Crippen LogP contribution in [0.5, 0.6) is 0 Å². The van der Waals surface area contributed by atoms with Crippen LogP contribution in [0.15, 0.2) is 209 Å². The second-order valence-electron chi connectivity index (χ2n) is 14.0. The summed E-state index contributed by atoms with van der Waals surface area (Å²) in [6, 6.07) is 67.2. The molecule has 0 unspecified atom stereocenters. The topological polar surface area (TPSA) is 68.8 Å². The molecule has 0 aliphatic carbocycles. The van der Waals surface area contributed by atoms with Crippen molar-refractivity contribution in [3.8, 4) is 27.9 Å². The molecule has 8 aromatic carbocycles. The van der Waals surface area contributed by atoms with E-state index in [1.807, 2.05) is 48.5 Å². The molecular weight excluding hydrogens is 685 g/mol. The van der Waals surface area contributed by atoms with Crippen molar-refractivity contribution in [1.29, 1.82) is 0 Å². The molecule has 0 spiro atoms. The quantitative estimate of drug-likeness (QED) is 0.132. The number of aliphatic imine (C=N–C) groups is 2. The van der Waals surface area contributed by atoms with Gasteiger partial charge in [0.2, 0.25) is 0 Å². The van der Waals surface area contributed by atoms with Crippen molar-refractivity contribution in [2.45, 2.75) is 6.54 Å². The second-order valence-corrected chi connectivity index (χ2v) is 14.0. The maximum Gasteiger partial charge on any atom is 0.157 e.